The summed E-state index contributed by atoms with van der Waals surface area (Å²) in [6.07, 6.45) is 3.66. The Morgan fingerprint density at radius 2 is 2.33 bits per heavy atom. The SMILES string of the molecule is Fc1ncc(Br)cc1OC1CC1. The first-order valence-corrected chi connectivity index (χ1v) is 4.53. The maximum Gasteiger partial charge on any atom is 0.255 e. The van der Waals surface area contributed by atoms with Gasteiger partial charge in [0.2, 0.25) is 0 Å². The van der Waals surface area contributed by atoms with E-state index >= 15 is 0 Å². The van der Waals surface area contributed by atoms with Crippen LogP contribution in [0.25, 0.3) is 0 Å². The van der Waals surface area contributed by atoms with Crippen LogP contribution in [0, 0.1) is 5.95 Å². The predicted molar refractivity (Wildman–Crippen MR) is 45.5 cm³/mol. The molecule has 2 rings (SSSR count). The molecule has 1 aromatic heterocycles. The maximum absolute atomic E-state index is 12.9. The summed E-state index contributed by atoms with van der Waals surface area (Å²) in [5, 5.41) is 0. The number of aromatic nitrogens is 1. The minimum Gasteiger partial charge on any atom is -0.486 e. The zero-order valence-corrected chi connectivity index (χ0v) is 7.84. The van der Waals surface area contributed by atoms with Crippen molar-refractivity contribution in [3.63, 3.8) is 0 Å². The van der Waals surface area contributed by atoms with E-state index in [4.69, 9.17) is 4.74 Å². The normalized spacial score (nSPS) is 16.2. The first-order valence-electron chi connectivity index (χ1n) is 3.73. The van der Waals surface area contributed by atoms with Crippen LogP contribution in [0.1, 0.15) is 12.8 Å². The molecule has 1 fully saturated rings. The fraction of sp³-hybridized carbons (Fsp3) is 0.375. The third kappa shape index (κ3) is 1.75. The lowest BCUT2D eigenvalue weighted by Crippen LogP contribution is -1.99. The molecule has 1 saturated carbocycles. The highest BCUT2D eigenvalue weighted by Crippen LogP contribution is 2.29. The number of rotatable bonds is 2. The highest BCUT2D eigenvalue weighted by molar-refractivity contribution is 9.10. The van der Waals surface area contributed by atoms with Crippen molar-refractivity contribution in [2.45, 2.75) is 18.9 Å². The Morgan fingerprint density at radius 1 is 1.58 bits per heavy atom. The zero-order chi connectivity index (χ0) is 8.55. The minimum atomic E-state index is -0.537. The van der Waals surface area contributed by atoms with Crippen LogP contribution < -0.4 is 4.74 Å². The summed E-state index contributed by atoms with van der Waals surface area (Å²) in [6.45, 7) is 0. The highest BCUT2D eigenvalue weighted by Gasteiger charge is 2.25. The number of halogens is 2. The summed E-state index contributed by atoms with van der Waals surface area (Å²) >= 11 is 3.20. The molecule has 0 amide bonds. The van der Waals surface area contributed by atoms with Gasteiger partial charge in [-0.3, -0.25) is 0 Å². The number of hydrogen-bond acceptors (Lipinski definition) is 2. The lowest BCUT2D eigenvalue weighted by Gasteiger charge is -2.04. The van der Waals surface area contributed by atoms with Gasteiger partial charge in [-0.05, 0) is 28.8 Å². The lowest BCUT2D eigenvalue weighted by atomic mass is 10.4. The van der Waals surface area contributed by atoms with Gasteiger partial charge in [0, 0.05) is 16.7 Å². The average molecular weight is 232 g/mol. The van der Waals surface area contributed by atoms with E-state index in [1.807, 2.05) is 0 Å². The molecule has 1 aliphatic carbocycles. The molecule has 1 aliphatic rings. The van der Waals surface area contributed by atoms with Gasteiger partial charge in [-0.2, -0.15) is 4.39 Å². The van der Waals surface area contributed by atoms with E-state index in [0.29, 0.717) is 0 Å². The van der Waals surface area contributed by atoms with E-state index in [0.717, 1.165) is 17.3 Å². The third-order valence-corrected chi connectivity index (χ3v) is 2.03. The van der Waals surface area contributed by atoms with Gasteiger partial charge in [0.05, 0.1) is 6.10 Å². The lowest BCUT2D eigenvalue weighted by molar-refractivity contribution is 0.283. The molecular weight excluding hydrogens is 225 g/mol. The molecule has 64 valence electrons. The zero-order valence-electron chi connectivity index (χ0n) is 6.26. The summed E-state index contributed by atoms with van der Waals surface area (Å²) in [6, 6.07) is 1.60. The van der Waals surface area contributed by atoms with Crippen LogP contribution >= 0.6 is 15.9 Å². The maximum atomic E-state index is 12.9. The molecule has 1 aromatic rings. The van der Waals surface area contributed by atoms with E-state index in [1.165, 1.54) is 6.20 Å². The Morgan fingerprint density at radius 3 is 3.00 bits per heavy atom. The van der Waals surface area contributed by atoms with Crippen LogP contribution in [0.15, 0.2) is 16.7 Å². The summed E-state index contributed by atoms with van der Waals surface area (Å²) in [4.78, 5) is 3.52. The number of nitrogens with zero attached hydrogens (tertiary/aromatic N) is 1. The molecule has 12 heavy (non-hydrogen) atoms. The van der Waals surface area contributed by atoms with E-state index in [1.54, 1.807) is 6.07 Å². The molecule has 0 bridgehead atoms. The summed E-state index contributed by atoms with van der Waals surface area (Å²) in [7, 11) is 0. The van der Waals surface area contributed by atoms with Crippen LogP contribution in [0.3, 0.4) is 0 Å². The van der Waals surface area contributed by atoms with Gasteiger partial charge in [0.15, 0.2) is 5.75 Å². The van der Waals surface area contributed by atoms with Crippen LogP contribution in [-0.4, -0.2) is 11.1 Å². The summed E-state index contributed by atoms with van der Waals surface area (Å²) in [5.41, 5.74) is 0. The van der Waals surface area contributed by atoms with Crippen molar-refractivity contribution >= 4 is 15.9 Å². The van der Waals surface area contributed by atoms with Crippen molar-refractivity contribution in [1.82, 2.24) is 4.98 Å². The Kier molecular flexibility index (Phi) is 2.00. The number of hydrogen-bond donors (Lipinski definition) is 0. The first kappa shape index (κ1) is 7.98. The molecule has 1 heterocycles. The molecule has 0 atom stereocenters. The topological polar surface area (TPSA) is 22.1 Å². The second-order valence-electron chi connectivity index (χ2n) is 2.76. The minimum absolute atomic E-state index is 0.204. The van der Waals surface area contributed by atoms with E-state index < -0.39 is 5.95 Å². The molecule has 4 heteroatoms. The molecule has 0 spiro atoms. The monoisotopic (exact) mass is 231 g/mol. The molecule has 0 N–H and O–H groups in total. The van der Waals surface area contributed by atoms with Crippen molar-refractivity contribution in [2.75, 3.05) is 0 Å². The highest BCUT2D eigenvalue weighted by atomic mass is 79.9. The van der Waals surface area contributed by atoms with Crippen molar-refractivity contribution in [3.05, 3.63) is 22.7 Å². The average Bonchev–Trinajstić information content (AvgIpc) is 2.81. The smallest absolute Gasteiger partial charge is 0.255 e. The Labute approximate surface area is 77.9 Å². The van der Waals surface area contributed by atoms with Gasteiger partial charge in [-0.25, -0.2) is 4.98 Å². The second-order valence-corrected chi connectivity index (χ2v) is 3.68. The van der Waals surface area contributed by atoms with Gasteiger partial charge in [0.1, 0.15) is 0 Å². The fourth-order valence-corrected chi connectivity index (χ4v) is 1.16. The second kappa shape index (κ2) is 3.01. The standard InChI is InChI=1S/C8H7BrFNO/c9-5-3-7(8(10)11-4-5)12-6-1-2-6/h3-4,6H,1-2H2. The van der Waals surface area contributed by atoms with Gasteiger partial charge in [-0.1, -0.05) is 0 Å². The molecule has 0 radical (unpaired) electrons. The molecule has 0 saturated heterocycles. The fourth-order valence-electron chi connectivity index (χ4n) is 0.852. The third-order valence-electron chi connectivity index (χ3n) is 1.59. The molecule has 0 unspecified atom stereocenters. The van der Waals surface area contributed by atoms with Crippen LogP contribution in [0.4, 0.5) is 4.39 Å². The van der Waals surface area contributed by atoms with Gasteiger partial charge < -0.3 is 4.74 Å². The number of ether oxygens (including phenoxy) is 1. The van der Waals surface area contributed by atoms with Crippen molar-refractivity contribution in [3.8, 4) is 5.75 Å². The Hall–Kier alpha value is -0.640. The van der Waals surface area contributed by atoms with Crippen molar-refractivity contribution < 1.29 is 9.13 Å². The molecular formula is C8H7BrFNO. The van der Waals surface area contributed by atoms with Crippen LogP contribution in [0.2, 0.25) is 0 Å². The van der Waals surface area contributed by atoms with Crippen molar-refractivity contribution in [1.29, 1.82) is 0 Å². The van der Waals surface area contributed by atoms with E-state index in [-0.39, 0.29) is 11.9 Å². The largest absolute Gasteiger partial charge is 0.486 e. The van der Waals surface area contributed by atoms with E-state index in [9.17, 15) is 4.39 Å². The molecule has 0 aliphatic heterocycles. The molecule has 0 aromatic carbocycles. The van der Waals surface area contributed by atoms with Crippen LogP contribution in [-0.2, 0) is 0 Å². The van der Waals surface area contributed by atoms with Gasteiger partial charge in [0.25, 0.3) is 5.95 Å². The van der Waals surface area contributed by atoms with Crippen LogP contribution in [0.5, 0.6) is 5.75 Å². The van der Waals surface area contributed by atoms with Gasteiger partial charge >= 0.3 is 0 Å². The van der Waals surface area contributed by atoms with Crippen molar-refractivity contribution in [2.24, 2.45) is 0 Å². The van der Waals surface area contributed by atoms with Gasteiger partial charge in [-0.15, -0.1) is 0 Å². The summed E-state index contributed by atoms with van der Waals surface area (Å²) < 4.78 is 18.9. The van der Waals surface area contributed by atoms with E-state index in [2.05, 4.69) is 20.9 Å². The number of pyridine rings is 1. The first-order chi connectivity index (χ1) is 5.75. The Balaban J connectivity index is 2.21. The predicted octanol–water partition coefficient (Wildman–Crippen LogP) is 2.52. The Bertz CT molecular complexity index is 301. The molecule has 2 nitrogen and oxygen atoms in total. The quantitative estimate of drug-likeness (QED) is 0.731. The summed E-state index contributed by atoms with van der Waals surface area (Å²) in [5.74, 6) is -0.294.